The first kappa shape index (κ1) is 15.1. The van der Waals surface area contributed by atoms with Crippen LogP contribution in [0.25, 0.3) is 16.6 Å². The van der Waals surface area contributed by atoms with Crippen LogP contribution in [-0.2, 0) is 0 Å². The Morgan fingerprint density at radius 1 is 0.920 bits per heavy atom. The molecule has 0 aliphatic rings. The van der Waals surface area contributed by atoms with Gasteiger partial charge in [-0.25, -0.2) is 0 Å². The van der Waals surface area contributed by atoms with Gasteiger partial charge in [0, 0.05) is 28.5 Å². The lowest BCUT2D eigenvalue weighted by atomic mass is 10.1. The van der Waals surface area contributed by atoms with Crippen molar-refractivity contribution in [2.24, 2.45) is 0 Å². The van der Waals surface area contributed by atoms with Gasteiger partial charge in [-0.15, -0.1) is 0 Å². The van der Waals surface area contributed by atoms with Crippen LogP contribution in [0.4, 0.5) is 11.5 Å². The Morgan fingerprint density at radius 2 is 1.60 bits per heavy atom. The van der Waals surface area contributed by atoms with E-state index in [9.17, 15) is 4.79 Å². The Labute approximate surface area is 145 Å². The van der Waals surface area contributed by atoms with Crippen LogP contribution < -0.4 is 10.7 Å². The Kier molecular flexibility index (Phi) is 3.78. The van der Waals surface area contributed by atoms with E-state index in [1.165, 1.54) is 0 Å². The maximum atomic E-state index is 12.8. The lowest BCUT2D eigenvalue weighted by Crippen LogP contribution is -2.17. The second-order valence-electron chi connectivity index (χ2n) is 5.86. The van der Waals surface area contributed by atoms with Gasteiger partial charge >= 0.3 is 0 Å². The van der Waals surface area contributed by atoms with Crippen LogP contribution in [-0.4, -0.2) is 9.55 Å². The van der Waals surface area contributed by atoms with E-state index in [1.807, 2.05) is 72.2 Å². The number of benzene rings is 2. The number of hydrogen-bond acceptors (Lipinski definition) is 3. The van der Waals surface area contributed by atoms with Gasteiger partial charge in [-0.05, 0) is 37.3 Å². The quantitative estimate of drug-likeness (QED) is 0.605. The highest BCUT2D eigenvalue weighted by atomic mass is 16.1. The minimum atomic E-state index is 0.0167. The summed E-state index contributed by atoms with van der Waals surface area (Å²) in [5, 5.41) is 4.07. The molecule has 4 nitrogen and oxygen atoms in total. The van der Waals surface area contributed by atoms with E-state index >= 15 is 0 Å². The Bertz CT molecular complexity index is 1090. The second kappa shape index (κ2) is 6.24. The number of para-hydroxylation sites is 2. The molecule has 0 saturated carbocycles. The highest BCUT2D eigenvalue weighted by Crippen LogP contribution is 2.27. The Hall–Kier alpha value is -3.40. The van der Waals surface area contributed by atoms with Crippen molar-refractivity contribution in [2.75, 3.05) is 5.32 Å². The molecule has 0 fully saturated rings. The molecule has 0 bridgehead atoms. The van der Waals surface area contributed by atoms with Crippen LogP contribution in [0.1, 0.15) is 5.56 Å². The number of hydrogen-bond donors (Lipinski definition) is 1. The number of fused-ring (bicyclic) bond motifs is 1. The normalized spacial score (nSPS) is 10.8. The Morgan fingerprint density at radius 3 is 2.32 bits per heavy atom. The lowest BCUT2D eigenvalue weighted by molar-refractivity contribution is 1.07. The molecule has 122 valence electrons. The van der Waals surface area contributed by atoms with E-state index < -0.39 is 0 Å². The minimum Gasteiger partial charge on any atom is -0.341 e. The van der Waals surface area contributed by atoms with Crippen LogP contribution in [0.15, 0.2) is 83.9 Å². The number of aromatic nitrogens is 2. The van der Waals surface area contributed by atoms with Crippen molar-refractivity contribution in [2.45, 2.75) is 6.92 Å². The number of anilines is 2. The maximum absolute atomic E-state index is 12.8. The van der Waals surface area contributed by atoms with Crippen molar-refractivity contribution in [1.29, 1.82) is 0 Å². The molecule has 25 heavy (non-hydrogen) atoms. The zero-order valence-corrected chi connectivity index (χ0v) is 13.8. The predicted molar refractivity (Wildman–Crippen MR) is 102 cm³/mol. The molecule has 0 saturated heterocycles. The topological polar surface area (TPSA) is 46.9 Å². The SMILES string of the molecule is Cc1c(Nc2ccccc2)n(-c2ccccc2)c2cnccc2c1=O. The summed E-state index contributed by atoms with van der Waals surface area (Å²) in [7, 11) is 0. The number of rotatable bonds is 3. The van der Waals surface area contributed by atoms with E-state index in [0.717, 1.165) is 22.7 Å². The number of pyridine rings is 2. The van der Waals surface area contributed by atoms with E-state index in [1.54, 1.807) is 18.5 Å². The molecule has 4 rings (SSSR count). The van der Waals surface area contributed by atoms with Crippen molar-refractivity contribution >= 4 is 22.4 Å². The maximum Gasteiger partial charge on any atom is 0.194 e. The molecule has 1 N–H and O–H groups in total. The summed E-state index contributed by atoms with van der Waals surface area (Å²) in [5.41, 5.74) is 3.37. The summed E-state index contributed by atoms with van der Waals surface area (Å²) in [4.78, 5) is 17.1. The third kappa shape index (κ3) is 2.68. The van der Waals surface area contributed by atoms with Crippen molar-refractivity contribution in [3.8, 4) is 5.69 Å². The fourth-order valence-electron chi connectivity index (χ4n) is 3.01. The predicted octanol–water partition coefficient (Wildman–Crippen LogP) is 4.44. The van der Waals surface area contributed by atoms with Gasteiger partial charge < -0.3 is 5.32 Å². The molecule has 2 aromatic carbocycles. The van der Waals surface area contributed by atoms with Crippen LogP contribution in [0.3, 0.4) is 0 Å². The van der Waals surface area contributed by atoms with Crippen molar-refractivity contribution in [3.05, 3.63) is 94.9 Å². The number of nitrogens with one attached hydrogen (secondary N) is 1. The zero-order chi connectivity index (χ0) is 17.2. The van der Waals surface area contributed by atoms with Crippen LogP contribution in [0.5, 0.6) is 0 Å². The van der Waals surface area contributed by atoms with Crippen LogP contribution >= 0.6 is 0 Å². The molecule has 4 aromatic rings. The van der Waals surface area contributed by atoms with Gasteiger partial charge in [0.1, 0.15) is 5.82 Å². The van der Waals surface area contributed by atoms with Crippen molar-refractivity contribution < 1.29 is 0 Å². The largest absolute Gasteiger partial charge is 0.341 e. The summed E-state index contributed by atoms with van der Waals surface area (Å²) in [6.45, 7) is 1.85. The fraction of sp³-hybridized carbons (Fsp3) is 0.0476. The highest BCUT2D eigenvalue weighted by Gasteiger charge is 2.15. The first-order chi connectivity index (χ1) is 12.3. The molecular formula is C21H17N3O. The van der Waals surface area contributed by atoms with Crippen molar-refractivity contribution in [3.63, 3.8) is 0 Å². The Balaban J connectivity index is 2.06. The monoisotopic (exact) mass is 327 g/mol. The molecule has 2 aromatic heterocycles. The first-order valence-electron chi connectivity index (χ1n) is 8.12. The summed E-state index contributed by atoms with van der Waals surface area (Å²) in [6, 6.07) is 21.6. The smallest absolute Gasteiger partial charge is 0.194 e. The number of nitrogens with zero attached hydrogens (tertiary/aromatic N) is 2. The van der Waals surface area contributed by atoms with E-state index in [0.29, 0.717) is 10.9 Å². The fourth-order valence-corrected chi connectivity index (χ4v) is 3.01. The molecule has 4 heteroatoms. The van der Waals surface area contributed by atoms with Crippen LogP contribution in [0.2, 0.25) is 0 Å². The van der Waals surface area contributed by atoms with E-state index in [2.05, 4.69) is 10.3 Å². The van der Waals surface area contributed by atoms with E-state index in [4.69, 9.17) is 0 Å². The molecular weight excluding hydrogens is 310 g/mol. The lowest BCUT2D eigenvalue weighted by Gasteiger charge is -2.20. The molecule has 0 amide bonds. The van der Waals surface area contributed by atoms with Gasteiger partial charge in [-0.1, -0.05) is 36.4 Å². The molecule has 0 spiro atoms. The summed E-state index contributed by atoms with van der Waals surface area (Å²) >= 11 is 0. The van der Waals surface area contributed by atoms with Gasteiger partial charge in [-0.3, -0.25) is 14.3 Å². The molecule has 0 unspecified atom stereocenters. The second-order valence-corrected chi connectivity index (χ2v) is 5.86. The van der Waals surface area contributed by atoms with Gasteiger partial charge in [0.15, 0.2) is 5.43 Å². The molecule has 0 atom stereocenters. The van der Waals surface area contributed by atoms with Gasteiger partial charge in [0.25, 0.3) is 0 Å². The summed E-state index contributed by atoms with van der Waals surface area (Å²) < 4.78 is 2.05. The van der Waals surface area contributed by atoms with Crippen molar-refractivity contribution in [1.82, 2.24) is 9.55 Å². The summed E-state index contributed by atoms with van der Waals surface area (Å²) in [6.07, 6.45) is 3.39. The third-order valence-corrected chi connectivity index (χ3v) is 4.26. The third-order valence-electron chi connectivity index (χ3n) is 4.26. The zero-order valence-electron chi connectivity index (χ0n) is 13.8. The van der Waals surface area contributed by atoms with Gasteiger partial charge in [0.05, 0.1) is 11.7 Å². The molecule has 0 radical (unpaired) electrons. The van der Waals surface area contributed by atoms with Crippen LogP contribution in [0, 0.1) is 6.92 Å². The average Bonchev–Trinajstić information content (AvgIpc) is 2.68. The van der Waals surface area contributed by atoms with E-state index in [-0.39, 0.29) is 5.43 Å². The highest BCUT2D eigenvalue weighted by molar-refractivity contribution is 5.84. The molecule has 0 aliphatic heterocycles. The minimum absolute atomic E-state index is 0.0167. The molecule has 2 heterocycles. The van der Waals surface area contributed by atoms with Gasteiger partial charge in [-0.2, -0.15) is 0 Å². The van der Waals surface area contributed by atoms with Gasteiger partial charge in [0.2, 0.25) is 0 Å². The standard InChI is InChI=1S/C21H17N3O/c1-15-20(25)18-12-13-22-14-19(18)24(17-10-6-3-7-11-17)21(15)23-16-8-4-2-5-9-16/h2-14,23H,1H3. The molecule has 0 aliphatic carbocycles. The average molecular weight is 327 g/mol. The summed E-state index contributed by atoms with van der Waals surface area (Å²) in [5.74, 6) is 0.753. The first-order valence-corrected chi connectivity index (χ1v) is 8.12.